The van der Waals surface area contributed by atoms with Gasteiger partial charge in [-0.05, 0) is 22.9 Å². The van der Waals surface area contributed by atoms with Gasteiger partial charge in [0, 0.05) is 36.7 Å². The molecule has 1 aliphatic carbocycles. The van der Waals surface area contributed by atoms with Crippen LogP contribution in [0.1, 0.15) is 30.4 Å². The quantitative estimate of drug-likeness (QED) is 0.622. The average Bonchev–Trinajstić information content (AvgIpc) is 3.07. The predicted octanol–water partition coefficient (Wildman–Crippen LogP) is 4.93. The number of alkyl halides is 3. The van der Waals surface area contributed by atoms with E-state index in [9.17, 15) is 22.7 Å². The molecule has 3 aromatic rings. The van der Waals surface area contributed by atoms with Gasteiger partial charge in [-0.2, -0.15) is 0 Å². The van der Waals surface area contributed by atoms with Crippen molar-refractivity contribution in [2.45, 2.75) is 31.0 Å². The number of benzene rings is 1. The van der Waals surface area contributed by atoms with E-state index in [1.165, 1.54) is 18.3 Å². The van der Waals surface area contributed by atoms with Crippen molar-refractivity contribution in [3.63, 3.8) is 0 Å². The molecule has 0 atom stereocenters. The van der Waals surface area contributed by atoms with Gasteiger partial charge in [0.2, 0.25) is 5.88 Å². The third-order valence-corrected chi connectivity index (χ3v) is 4.66. The minimum atomic E-state index is -2.95. The molecule has 0 unspecified atom stereocenters. The van der Waals surface area contributed by atoms with Gasteiger partial charge in [0.25, 0.3) is 12.3 Å². The molecule has 2 aromatic heterocycles. The number of nitrogens with zero attached hydrogens (tertiary/aromatic N) is 2. The molecule has 4 rings (SSSR count). The van der Waals surface area contributed by atoms with Crippen LogP contribution in [0.2, 0.25) is 0 Å². The van der Waals surface area contributed by atoms with Crippen molar-refractivity contribution in [3.05, 3.63) is 59.5 Å². The standard InChI is InChI=1S/C19H14F4N2O3/c20-14-5-11(2-3-13(14)18(21)22)19(23)7-12(8-19)27-17-4-1-10(9-24-17)15-6-16(26)25-28-15/h1-6,9,12,18H,7-8H2,(H,25,26)/t12-,19-. The van der Waals surface area contributed by atoms with Crippen LogP contribution in [0.25, 0.3) is 11.3 Å². The van der Waals surface area contributed by atoms with E-state index in [1.54, 1.807) is 12.1 Å². The molecule has 1 aromatic carbocycles. The topological polar surface area (TPSA) is 68.4 Å². The summed E-state index contributed by atoms with van der Waals surface area (Å²) in [5.41, 5.74) is -1.99. The Labute approximate surface area is 156 Å². The van der Waals surface area contributed by atoms with Crippen LogP contribution >= 0.6 is 0 Å². The largest absolute Gasteiger partial charge is 0.491 e. The molecular formula is C19H14F4N2O3. The highest BCUT2D eigenvalue weighted by atomic mass is 19.3. The maximum Gasteiger partial charge on any atom is 0.266 e. The number of aromatic nitrogens is 2. The van der Waals surface area contributed by atoms with Crippen LogP contribution in [0.4, 0.5) is 17.6 Å². The van der Waals surface area contributed by atoms with Crippen LogP contribution < -0.4 is 4.74 Å². The fourth-order valence-electron chi connectivity index (χ4n) is 3.13. The van der Waals surface area contributed by atoms with Crippen molar-refractivity contribution >= 4 is 0 Å². The molecule has 0 aliphatic heterocycles. The van der Waals surface area contributed by atoms with E-state index in [0.29, 0.717) is 11.3 Å². The van der Waals surface area contributed by atoms with Crippen molar-refractivity contribution in [3.8, 4) is 23.1 Å². The van der Waals surface area contributed by atoms with E-state index in [2.05, 4.69) is 10.1 Å². The summed E-state index contributed by atoms with van der Waals surface area (Å²) in [6.45, 7) is 0. The number of rotatable bonds is 5. The van der Waals surface area contributed by atoms with Crippen molar-refractivity contribution in [1.29, 1.82) is 0 Å². The van der Waals surface area contributed by atoms with Crippen molar-refractivity contribution < 1.29 is 31.9 Å². The zero-order valence-electron chi connectivity index (χ0n) is 14.3. The monoisotopic (exact) mass is 394 g/mol. The lowest BCUT2D eigenvalue weighted by Crippen LogP contribution is -2.44. The van der Waals surface area contributed by atoms with Gasteiger partial charge in [-0.1, -0.05) is 12.1 Å². The molecule has 146 valence electrons. The molecule has 0 amide bonds. The predicted molar refractivity (Wildman–Crippen MR) is 89.2 cm³/mol. The lowest BCUT2D eigenvalue weighted by molar-refractivity contribution is -0.0488. The molecule has 0 radical (unpaired) electrons. The van der Waals surface area contributed by atoms with Gasteiger partial charge in [-0.3, -0.25) is 0 Å². The van der Waals surface area contributed by atoms with Crippen LogP contribution in [0.15, 0.2) is 47.1 Å². The van der Waals surface area contributed by atoms with Crippen LogP contribution in [0.5, 0.6) is 11.8 Å². The Bertz CT molecular complexity index is 985. The summed E-state index contributed by atoms with van der Waals surface area (Å²) >= 11 is 0. The Hall–Kier alpha value is -3.10. The number of ether oxygens (including phenoxy) is 1. The smallest absolute Gasteiger partial charge is 0.266 e. The van der Waals surface area contributed by atoms with Gasteiger partial charge in [0.05, 0.1) is 5.56 Å². The number of hydrogen-bond acceptors (Lipinski definition) is 5. The summed E-state index contributed by atoms with van der Waals surface area (Å²) in [6.07, 6.45) is -2.05. The molecule has 1 saturated carbocycles. The second kappa shape index (κ2) is 6.81. The van der Waals surface area contributed by atoms with Crippen LogP contribution in [-0.4, -0.2) is 21.4 Å². The summed E-state index contributed by atoms with van der Waals surface area (Å²) in [5.74, 6) is -0.775. The molecule has 1 aliphatic rings. The Kier molecular flexibility index (Phi) is 4.44. The van der Waals surface area contributed by atoms with E-state index in [1.807, 2.05) is 0 Å². The number of pyridine rings is 1. The Morgan fingerprint density at radius 2 is 1.96 bits per heavy atom. The SMILES string of the molecule is Oc1cc(-c2ccc(O[C@H]3C[C@@](F)(c4ccc(C(F)F)c(F)c4)C3)nc2)on1. The number of hydrogen-bond donors (Lipinski definition) is 1. The maximum atomic E-state index is 14.9. The molecule has 1 N–H and O–H groups in total. The van der Waals surface area contributed by atoms with Crippen molar-refractivity contribution in [2.24, 2.45) is 0 Å². The van der Waals surface area contributed by atoms with Gasteiger partial charge in [0.15, 0.2) is 5.76 Å². The molecule has 2 heterocycles. The van der Waals surface area contributed by atoms with Gasteiger partial charge >= 0.3 is 0 Å². The van der Waals surface area contributed by atoms with Gasteiger partial charge in [-0.15, -0.1) is 0 Å². The summed E-state index contributed by atoms with van der Waals surface area (Å²) in [5, 5.41) is 12.5. The minimum Gasteiger partial charge on any atom is -0.491 e. The second-order valence-corrected chi connectivity index (χ2v) is 6.58. The molecule has 0 spiro atoms. The first-order valence-corrected chi connectivity index (χ1v) is 8.40. The van der Waals surface area contributed by atoms with Crippen LogP contribution in [-0.2, 0) is 5.67 Å². The van der Waals surface area contributed by atoms with E-state index in [-0.39, 0.29) is 30.2 Å². The van der Waals surface area contributed by atoms with E-state index in [0.717, 1.165) is 12.1 Å². The summed E-state index contributed by atoms with van der Waals surface area (Å²) in [7, 11) is 0. The van der Waals surface area contributed by atoms with Crippen LogP contribution in [0, 0.1) is 5.82 Å². The molecular weight excluding hydrogens is 380 g/mol. The molecule has 0 bridgehead atoms. The summed E-state index contributed by atoms with van der Waals surface area (Å²) < 4.78 is 64.3. The molecule has 1 fully saturated rings. The van der Waals surface area contributed by atoms with Crippen LogP contribution in [0.3, 0.4) is 0 Å². The first-order chi connectivity index (χ1) is 13.3. The first kappa shape index (κ1) is 18.3. The molecule has 0 saturated heterocycles. The van der Waals surface area contributed by atoms with Crippen molar-refractivity contribution in [1.82, 2.24) is 10.1 Å². The summed E-state index contributed by atoms with van der Waals surface area (Å²) in [6, 6.07) is 7.44. The zero-order valence-corrected chi connectivity index (χ0v) is 14.3. The lowest BCUT2D eigenvalue weighted by atomic mass is 9.74. The number of aromatic hydroxyl groups is 1. The third kappa shape index (κ3) is 3.39. The second-order valence-electron chi connectivity index (χ2n) is 6.58. The normalized spacial score (nSPS) is 21.5. The zero-order chi connectivity index (χ0) is 19.9. The minimum absolute atomic E-state index is 0.0164. The summed E-state index contributed by atoms with van der Waals surface area (Å²) in [4.78, 5) is 4.09. The first-order valence-electron chi connectivity index (χ1n) is 8.40. The number of halogens is 4. The average molecular weight is 394 g/mol. The Morgan fingerprint density at radius 1 is 1.18 bits per heavy atom. The highest BCUT2D eigenvalue weighted by Gasteiger charge is 2.48. The highest BCUT2D eigenvalue weighted by molar-refractivity contribution is 5.57. The van der Waals surface area contributed by atoms with Gasteiger partial charge < -0.3 is 14.4 Å². The Balaban J connectivity index is 1.39. The Morgan fingerprint density at radius 3 is 2.54 bits per heavy atom. The molecule has 9 heteroatoms. The van der Waals surface area contributed by atoms with Crippen molar-refractivity contribution in [2.75, 3.05) is 0 Å². The fourth-order valence-corrected chi connectivity index (χ4v) is 3.13. The third-order valence-electron chi connectivity index (χ3n) is 4.66. The maximum absolute atomic E-state index is 14.9. The highest BCUT2D eigenvalue weighted by Crippen LogP contribution is 2.47. The fraction of sp³-hybridized carbons (Fsp3) is 0.263. The van der Waals surface area contributed by atoms with E-state index >= 15 is 0 Å². The van der Waals surface area contributed by atoms with Gasteiger partial charge in [-0.25, -0.2) is 22.5 Å². The van der Waals surface area contributed by atoms with Gasteiger partial charge in [0.1, 0.15) is 17.6 Å². The molecule has 5 nitrogen and oxygen atoms in total. The van der Waals surface area contributed by atoms with E-state index in [4.69, 9.17) is 9.26 Å². The van der Waals surface area contributed by atoms with E-state index < -0.39 is 29.6 Å². The molecule has 28 heavy (non-hydrogen) atoms. The lowest BCUT2D eigenvalue weighted by Gasteiger charge is -2.41.